The normalized spacial score (nSPS) is 11.9. The Morgan fingerprint density at radius 3 is 2.64 bits per heavy atom. The molecule has 0 aliphatic rings. The molecule has 6 heteroatoms. The van der Waals surface area contributed by atoms with Crippen LogP contribution in [-0.2, 0) is 4.79 Å². The molecule has 25 heavy (non-hydrogen) atoms. The van der Waals surface area contributed by atoms with Crippen LogP contribution in [0.5, 0.6) is 5.75 Å². The monoisotopic (exact) mass is 340 g/mol. The molecule has 0 saturated carbocycles. The molecule has 6 nitrogen and oxygen atoms in total. The third kappa shape index (κ3) is 5.46. The first-order valence-electron chi connectivity index (χ1n) is 7.95. The minimum Gasteiger partial charge on any atom is -0.494 e. The van der Waals surface area contributed by atoms with Crippen LogP contribution in [0.25, 0.3) is 6.08 Å². The van der Waals surface area contributed by atoms with E-state index in [9.17, 15) is 14.9 Å². The highest BCUT2D eigenvalue weighted by Gasteiger charge is 2.08. The van der Waals surface area contributed by atoms with Gasteiger partial charge in [-0.05, 0) is 43.2 Å². The maximum Gasteiger partial charge on any atom is 0.270 e. The molecule has 1 atom stereocenters. The van der Waals surface area contributed by atoms with E-state index >= 15 is 0 Å². The Bertz CT molecular complexity index is 769. The number of nitro benzene ring substituents is 1. The number of rotatable bonds is 7. The second kappa shape index (κ2) is 8.63. The number of nitro groups is 1. The minimum atomic E-state index is -0.467. The maximum absolute atomic E-state index is 12.0. The molecule has 2 aromatic carbocycles. The number of nitrogens with zero attached hydrogens (tertiary/aromatic N) is 1. The predicted molar refractivity (Wildman–Crippen MR) is 96.3 cm³/mol. The van der Waals surface area contributed by atoms with Crippen molar-refractivity contribution in [3.05, 3.63) is 75.8 Å². The number of benzene rings is 2. The lowest BCUT2D eigenvalue weighted by molar-refractivity contribution is -0.384. The fourth-order valence-electron chi connectivity index (χ4n) is 2.28. The Morgan fingerprint density at radius 1 is 1.28 bits per heavy atom. The zero-order chi connectivity index (χ0) is 18.2. The maximum atomic E-state index is 12.0. The minimum absolute atomic E-state index is 0.00897. The average Bonchev–Trinajstić information content (AvgIpc) is 2.61. The summed E-state index contributed by atoms with van der Waals surface area (Å²) in [5.74, 6) is 0.517. The summed E-state index contributed by atoms with van der Waals surface area (Å²) < 4.78 is 5.39. The SMILES string of the molecule is CCOc1ccc([C@@H](C)NC(=O)/C=C/c2cccc([N+](=O)[O-])c2)cc1. The Kier molecular flexibility index (Phi) is 6.28. The van der Waals surface area contributed by atoms with Crippen LogP contribution in [0.4, 0.5) is 5.69 Å². The topological polar surface area (TPSA) is 81.5 Å². The lowest BCUT2D eigenvalue weighted by Crippen LogP contribution is -2.24. The van der Waals surface area contributed by atoms with Crippen molar-refractivity contribution in [1.82, 2.24) is 5.32 Å². The first kappa shape index (κ1) is 18.2. The quantitative estimate of drug-likeness (QED) is 0.471. The van der Waals surface area contributed by atoms with Gasteiger partial charge in [0.25, 0.3) is 5.69 Å². The molecule has 2 rings (SSSR count). The van der Waals surface area contributed by atoms with E-state index in [1.54, 1.807) is 18.2 Å². The molecule has 1 amide bonds. The number of non-ortho nitro benzene ring substituents is 1. The molecule has 0 aromatic heterocycles. The lowest BCUT2D eigenvalue weighted by Gasteiger charge is -2.13. The zero-order valence-corrected chi connectivity index (χ0v) is 14.1. The second-order valence-corrected chi connectivity index (χ2v) is 5.42. The summed E-state index contributed by atoms with van der Waals surface area (Å²) in [4.78, 5) is 22.3. The first-order chi connectivity index (χ1) is 12.0. The fourth-order valence-corrected chi connectivity index (χ4v) is 2.28. The van der Waals surface area contributed by atoms with E-state index in [2.05, 4.69) is 5.32 Å². The molecule has 2 aromatic rings. The highest BCUT2D eigenvalue weighted by molar-refractivity contribution is 5.92. The summed E-state index contributed by atoms with van der Waals surface area (Å²) in [6.45, 7) is 4.41. The van der Waals surface area contributed by atoms with Gasteiger partial charge in [0.15, 0.2) is 0 Å². The van der Waals surface area contributed by atoms with Crippen LogP contribution >= 0.6 is 0 Å². The van der Waals surface area contributed by atoms with E-state index in [4.69, 9.17) is 4.74 Å². The van der Waals surface area contributed by atoms with Crippen molar-refractivity contribution in [3.63, 3.8) is 0 Å². The Morgan fingerprint density at radius 2 is 2.00 bits per heavy atom. The third-order valence-corrected chi connectivity index (χ3v) is 3.56. The predicted octanol–water partition coefficient (Wildman–Crippen LogP) is 3.88. The Hall–Kier alpha value is -3.15. The second-order valence-electron chi connectivity index (χ2n) is 5.42. The number of carbonyl (C=O) groups is 1. The van der Waals surface area contributed by atoms with E-state index in [-0.39, 0.29) is 17.6 Å². The molecular weight excluding hydrogens is 320 g/mol. The van der Waals surface area contributed by atoms with Crippen molar-refractivity contribution >= 4 is 17.7 Å². The largest absolute Gasteiger partial charge is 0.494 e. The standard InChI is InChI=1S/C19H20N2O4/c1-3-25-18-10-8-16(9-11-18)14(2)20-19(22)12-7-15-5-4-6-17(13-15)21(23)24/h4-14H,3H2,1-2H3,(H,20,22)/b12-7+/t14-/m1/s1. The van der Waals surface area contributed by atoms with E-state index in [0.717, 1.165) is 11.3 Å². The van der Waals surface area contributed by atoms with Gasteiger partial charge < -0.3 is 10.1 Å². The van der Waals surface area contributed by atoms with Gasteiger partial charge in [0.05, 0.1) is 17.6 Å². The highest BCUT2D eigenvalue weighted by atomic mass is 16.6. The average molecular weight is 340 g/mol. The number of hydrogen-bond acceptors (Lipinski definition) is 4. The highest BCUT2D eigenvalue weighted by Crippen LogP contribution is 2.18. The molecule has 0 radical (unpaired) electrons. The molecule has 0 aliphatic heterocycles. The summed E-state index contributed by atoms with van der Waals surface area (Å²) in [6.07, 6.45) is 2.91. The molecule has 0 unspecified atom stereocenters. The van der Waals surface area contributed by atoms with Crippen LogP contribution in [0.15, 0.2) is 54.6 Å². The van der Waals surface area contributed by atoms with Gasteiger partial charge in [0.2, 0.25) is 5.91 Å². The molecule has 130 valence electrons. The van der Waals surface area contributed by atoms with Gasteiger partial charge in [-0.25, -0.2) is 0 Å². The first-order valence-corrected chi connectivity index (χ1v) is 7.95. The molecule has 0 spiro atoms. The van der Waals surface area contributed by atoms with Crippen molar-refractivity contribution < 1.29 is 14.5 Å². The Labute approximate surface area is 146 Å². The molecule has 0 fully saturated rings. The number of ether oxygens (including phenoxy) is 1. The van der Waals surface area contributed by atoms with Gasteiger partial charge in [-0.1, -0.05) is 24.3 Å². The summed E-state index contributed by atoms with van der Waals surface area (Å²) >= 11 is 0. The van der Waals surface area contributed by atoms with Gasteiger partial charge in [-0.3, -0.25) is 14.9 Å². The van der Waals surface area contributed by atoms with Gasteiger partial charge in [0, 0.05) is 18.2 Å². The number of hydrogen-bond donors (Lipinski definition) is 1. The molecule has 1 N–H and O–H groups in total. The lowest BCUT2D eigenvalue weighted by atomic mass is 10.1. The van der Waals surface area contributed by atoms with Crippen LogP contribution < -0.4 is 10.1 Å². The van der Waals surface area contributed by atoms with Crippen molar-refractivity contribution in [2.45, 2.75) is 19.9 Å². The third-order valence-electron chi connectivity index (χ3n) is 3.56. The molecule has 0 aliphatic carbocycles. The van der Waals surface area contributed by atoms with Crippen LogP contribution in [0.3, 0.4) is 0 Å². The van der Waals surface area contributed by atoms with E-state index in [0.29, 0.717) is 12.2 Å². The van der Waals surface area contributed by atoms with E-state index in [1.165, 1.54) is 18.2 Å². The van der Waals surface area contributed by atoms with E-state index in [1.807, 2.05) is 38.1 Å². The number of nitrogens with one attached hydrogen (secondary N) is 1. The van der Waals surface area contributed by atoms with Crippen LogP contribution in [0.1, 0.15) is 31.0 Å². The smallest absolute Gasteiger partial charge is 0.270 e. The summed E-state index contributed by atoms with van der Waals surface area (Å²) in [5, 5.41) is 13.6. The molecule has 0 bridgehead atoms. The Balaban J connectivity index is 1.96. The van der Waals surface area contributed by atoms with Crippen molar-refractivity contribution in [2.24, 2.45) is 0 Å². The van der Waals surface area contributed by atoms with Crippen LogP contribution in [0, 0.1) is 10.1 Å². The van der Waals surface area contributed by atoms with Gasteiger partial charge in [0.1, 0.15) is 5.75 Å². The summed E-state index contributed by atoms with van der Waals surface area (Å²) in [7, 11) is 0. The molecule has 0 saturated heterocycles. The van der Waals surface area contributed by atoms with Crippen molar-refractivity contribution in [2.75, 3.05) is 6.61 Å². The van der Waals surface area contributed by atoms with Crippen LogP contribution in [-0.4, -0.2) is 17.4 Å². The summed E-state index contributed by atoms with van der Waals surface area (Å²) in [5.41, 5.74) is 1.55. The zero-order valence-electron chi connectivity index (χ0n) is 14.1. The summed E-state index contributed by atoms with van der Waals surface area (Å²) in [6, 6.07) is 13.5. The van der Waals surface area contributed by atoms with Crippen LogP contribution in [0.2, 0.25) is 0 Å². The van der Waals surface area contributed by atoms with Gasteiger partial charge in [-0.2, -0.15) is 0 Å². The van der Waals surface area contributed by atoms with Gasteiger partial charge in [-0.15, -0.1) is 0 Å². The van der Waals surface area contributed by atoms with Crippen molar-refractivity contribution in [1.29, 1.82) is 0 Å². The molecular formula is C19H20N2O4. The fraction of sp³-hybridized carbons (Fsp3) is 0.211. The molecule has 0 heterocycles. The van der Waals surface area contributed by atoms with E-state index < -0.39 is 4.92 Å². The van der Waals surface area contributed by atoms with Gasteiger partial charge >= 0.3 is 0 Å². The van der Waals surface area contributed by atoms with Crippen molar-refractivity contribution in [3.8, 4) is 5.75 Å². The number of carbonyl (C=O) groups excluding carboxylic acids is 1. The number of amides is 1.